The molecule has 0 spiro atoms. The van der Waals surface area contributed by atoms with E-state index >= 15 is 0 Å². The van der Waals surface area contributed by atoms with Gasteiger partial charge < -0.3 is 5.73 Å². The highest BCUT2D eigenvalue weighted by Gasteiger charge is 2.15. The first kappa shape index (κ1) is 8.84. The number of hydrogen-bond acceptors (Lipinski definition) is 4. The van der Waals surface area contributed by atoms with Crippen LogP contribution in [-0.2, 0) is 0 Å². The summed E-state index contributed by atoms with van der Waals surface area (Å²) in [5, 5.41) is 8.75. The molecule has 0 aliphatic carbocycles. The summed E-state index contributed by atoms with van der Waals surface area (Å²) < 4.78 is 26.3. The smallest absolute Gasteiger partial charge is 0.181 e. The number of benzene rings is 1. The number of nitrogens with two attached hydrogens (primary N) is 1. The van der Waals surface area contributed by atoms with Gasteiger partial charge in [-0.3, -0.25) is 0 Å². The maximum atomic E-state index is 13.1. The summed E-state index contributed by atoms with van der Waals surface area (Å²) >= 11 is 0.896. The minimum Gasteiger partial charge on any atom is -0.375 e. The normalized spacial score (nSPS) is 10.4. The molecule has 3 nitrogen and oxygen atoms in total. The third kappa shape index (κ3) is 1.10. The number of anilines is 1. The quantitative estimate of drug-likeness (QED) is 0.725. The van der Waals surface area contributed by atoms with Crippen molar-refractivity contribution < 1.29 is 8.78 Å². The van der Waals surface area contributed by atoms with Crippen molar-refractivity contribution >= 4 is 26.7 Å². The molecule has 1 heterocycles. The molecule has 1 aromatic carbocycles. The molecule has 2 rings (SSSR count). The van der Waals surface area contributed by atoms with Crippen LogP contribution in [-0.4, -0.2) is 4.98 Å². The van der Waals surface area contributed by atoms with E-state index in [1.807, 2.05) is 0 Å². The molecule has 14 heavy (non-hydrogen) atoms. The van der Waals surface area contributed by atoms with Crippen LogP contribution in [0.1, 0.15) is 5.56 Å². The molecule has 0 saturated carbocycles. The van der Waals surface area contributed by atoms with E-state index in [-0.39, 0.29) is 20.9 Å². The van der Waals surface area contributed by atoms with Crippen molar-refractivity contribution in [2.75, 3.05) is 5.73 Å². The van der Waals surface area contributed by atoms with Crippen LogP contribution < -0.4 is 5.73 Å². The van der Waals surface area contributed by atoms with Crippen LogP contribution in [0, 0.1) is 23.0 Å². The second-order valence-corrected chi connectivity index (χ2v) is 3.59. The first-order valence-corrected chi connectivity index (χ1v) is 4.39. The van der Waals surface area contributed by atoms with Crippen LogP contribution in [0.15, 0.2) is 6.07 Å². The molecule has 0 fully saturated rings. The summed E-state index contributed by atoms with van der Waals surface area (Å²) in [5.74, 6) is -1.69. The fraction of sp³-hybridized carbons (Fsp3) is 0. The number of nitriles is 1. The Morgan fingerprint density at radius 2 is 2.14 bits per heavy atom. The Hall–Kier alpha value is -1.74. The van der Waals surface area contributed by atoms with Crippen LogP contribution in [0.2, 0.25) is 0 Å². The highest BCUT2D eigenvalue weighted by atomic mass is 32.1. The first-order valence-electron chi connectivity index (χ1n) is 3.57. The number of thiazole rings is 1. The van der Waals surface area contributed by atoms with E-state index in [1.54, 1.807) is 6.07 Å². The first-order chi connectivity index (χ1) is 6.63. The van der Waals surface area contributed by atoms with Gasteiger partial charge in [0.2, 0.25) is 0 Å². The molecule has 0 saturated heterocycles. The Morgan fingerprint density at radius 1 is 1.43 bits per heavy atom. The van der Waals surface area contributed by atoms with Gasteiger partial charge >= 0.3 is 0 Å². The van der Waals surface area contributed by atoms with E-state index in [9.17, 15) is 8.78 Å². The number of fused-ring (bicyclic) bond motifs is 1. The zero-order valence-corrected chi connectivity index (χ0v) is 7.53. The van der Waals surface area contributed by atoms with Gasteiger partial charge in [-0.05, 0) is 0 Å². The summed E-state index contributed by atoms with van der Waals surface area (Å²) in [5.41, 5.74) is 5.08. The van der Waals surface area contributed by atoms with E-state index in [0.717, 1.165) is 11.3 Å². The summed E-state index contributed by atoms with van der Waals surface area (Å²) in [4.78, 5) is 3.67. The van der Waals surface area contributed by atoms with E-state index in [2.05, 4.69) is 4.98 Å². The Labute approximate surface area is 81.4 Å². The summed E-state index contributed by atoms with van der Waals surface area (Å²) in [7, 11) is 0. The van der Waals surface area contributed by atoms with Crippen LogP contribution in [0.3, 0.4) is 0 Å². The number of nitrogen functional groups attached to an aromatic ring is 1. The Morgan fingerprint density at radius 3 is 2.79 bits per heavy atom. The van der Waals surface area contributed by atoms with E-state index in [0.29, 0.717) is 6.07 Å². The Balaban J connectivity index is 2.99. The monoisotopic (exact) mass is 211 g/mol. The molecule has 0 amide bonds. The van der Waals surface area contributed by atoms with Gasteiger partial charge in [0.1, 0.15) is 23.0 Å². The van der Waals surface area contributed by atoms with Gasteiger partial charge in [0.05, 0.1) is 4.70 Å². The summed E-state index contributed by atoms with van der Waals surface area (Å²) in [6, 6.07) is 2.29. The predicted molar refractivity (Wildman–Crippen MR) is 48.7 cm³/mol. The summed E-state index contributed by atoms with van der Waals surface area (Å²) in [6.07, 6.45) is 0. The van der Waals surface area contributed by atoms with Crippen LogP contribution in [0.5, 0.6) is 0 Å². The molecule has 0 unspecified atom stereocenters. The topological polar surface area (TPSA) is 62.7 Å². The molecule has 0 radical (unpaired) electrons. The van der Waals surface area contributed by atoms with Gasteiger partial charge in [-0.25, -0.2) is 13.8 Å². The van der Waals surface area contributed by atoms with Gasteiger partial charge in [-0.2, -0.15) is 5.26 Å². The molecule has 0 aliphatic rings. The second-order valence-electron chi connectivity index (χ2n) is 2.56. The molecule has 0 atom stereocenters. The lowest BCUT2D eigenvalue weighted by Gasteiger charge is -1.95. The lowest BCUT2D eigenvalue weighted by Crippen LogP contribution is -1.88. The van der Waals surface area contributed by atoms with Crippen molar-refractivity contribution in [3.63, 3.8) is 0 Å². The minimum atomic E-state index is -0.888. The van der Waals surface area contributed by atoms with Crippen molar-refractivity contribution in [1.82, 2.24) is 4.98 Å². The van der Waals surface area contributed by atoms with Gasteiger partial charge in [-0.15, -0.1) is 0 Å². The molecule has 0 aliphatic heterocycles. The van der Waals surface area contributed by atoms with E-state index in [4.69, 9.17) is 11.0 Å². The van der Waals surface area contributed by atoms with Crippen LogP contribution in [0.4, 0.5) is 13.9 Å². The number of halogens is 2. The molecule has 0 bridgehead atoms. The zero-order chi connectivity index (χ0) is 10.3. The number of rotatable bonds is 0. The second kappa shape index (κ2) is 2.89. The maximum Gasteiger partial charge on any atom is 0.181 e. The zero-order valence-electron chi connectivity index (χ0n) is 6.71. The predicted octanol–water partition coefficient (Wildman–Crippen LogP) is 2.03. The fourth-order valence-corrected chi connectivity index (χ4v) is 1.96. The Kier molecular flexibility index (Phi) is 1.82. The van der Waals surface area contributed by atoms with Gasteiger partial charge in [0.25, 0.3) is 0 Å². The molecule has 70 valence electrons. The third-order valence-electron chi connectivity index (χ3n) is 1.70. The van der Waals surface area contributed by atoms with Gasteiger partial charge in [-0.1, -0.05) is 11.3 Å². The van der Waals surface area contributed by atoms with Crippen LogP contribution >= 0.6 is 11.3 Å². The lowest BCUT2D eigenvalue weighted by molar-refractivity contribution is 0.589. The number of hydrogen-bond donors (Lipinski definition) is 1. The van der Waals surface area contributed by atoms with Gasteiger partial charge in [0.15, 0.2) is 10.9 Å². The van der Waals surface area contributed by atoms with Crippen LogP contribution in [0.25, 0.3) is 10.2 Å². The molecular formula is C8H3F2N3S. The molecule has 6 heteroatoms. The SMILES string of the molecule is N#Cc1c(F)cc(F)c2nc(N)sc12. The maximum absolute atomic E-state index is 13.1. The largest absolute Gasteiger partial charge is 0.375 e. The number of aromatic nitrogens is 1. The average Bonchev–Trinajstić information content (AvgIpc) is 2.48. The van der Waals surface area contributed by atoms with Crippen molar-refractivity contribution in [2.45, 2.75) is 0 Å². The van der Waals surface area contributed by atoms with E-state index < -0.39 is 11.6 Å². The summed E-state index contributed by atoms with van der Waals surface area (Å²) in [6.45, 7) is 0. The molecule has 2 N–H and O–H groups in total. The molecule has 2 aromatic rings. The van der Waals surface area contributed by atoms with Crippen molar-refractivity contribution in [2.24, 2.45) is 0 Å². The third-order valence-corrected chi connectivity index (χ3v) is 2.60. The molecular weight excluding hydrogens is 208 g/mol. The molecule has 1 aromatic heterocycles. The minimum absolute atomic E-state index is 0.0505. The highest BCUT2D eigenvalue weighted by Crippen LogP contribution is 2.30. The number of nitrogens with zero attached hydrogens (tertiary/aromatic N) is 2. The van der Waals surface area contributed by atoms with Crippen molar-refractivity contribution in [1.29, 1.82) is 5.26 Å². The average molecular weight is 211 g/mol. The Bertz CT molecular complexity index is 556. The lowest BCUT2D eigenvalue weighted by atomic mass is 10.2. The highest BCUT2D eigenvalue weighted by molar-refractivity contribution is 7.22. The van der Waals surface area contributed by atoms with Crippen molar-refractivity contribution in [3.05, 3.63) is 23.3 Å². The van der Waals surface area contributed by atoms with E-state index in [1.165, 1.54) is 0 Å². The van der Waals surface area contributed by atoms with Gasteiger partial charge in [0, 0.05) is 6.07 Å². The standard InChI is InChI=1S/C8H3F2N3S/c9-4-1-5(10)6-7(3(4)2-11)14-8(12)13-6/h1H,(H2,12,13). The fourth-order valence-electron chi connectivity index (χ4n) is 1.13. The van der Waals surface area contributed by atoms with Crippen molar-refractivity contribution in [3.8, 4) is 6.07 Å².